The van der Waals surface area contributed by atoms with Crippen LogP contribution in [0.25, 0.3) is 0 Å². The molecule has 108 valence electrons. The average molecular weight is 280 g/mol. The minimum absolute atomic E-state index is 0.349. The van der Waals surface area contributed by atoms with Crippen LogP contribution < -0.4 is 10.6 Å². The van der Waals surface area contributed by atoms with Gasteiger partial charge >= 0.3 is 6.18 Å². The standard InChI is InChI=1S/C10H15F3N4O2/c1-6(9(18)15-5-10(11,12)13)14-4-3-8-16-7(2)17-19-8/h6,14H,3-5H2,1-2H3,(H,15,18). The van der Waals surface area contributed by atoms with Gasteiger partial charge < -0.3 is 15.2 Å². The molecule has 0 fully saturated rings. The molecule has 1 aromatic heterocycles. The Morgan fingerprint density at radius 1 is 1.47 bits per heavy atom. The minimum Gasteiger partial charge on any atom is -0.346 e. The number of hydrogen-bond donors (Lipinski definition) is 2. The molecule has 0 aromatic carbocycles. The molecular formula is C10H15F3N4O2. The molecular weight excluding hydrogens is 265 g/mol. The van der Waals surface area contributed by atoms with Crippen molar-refractivity contribution in [2.24, 2.45) is 0 Å². The molecule has 1 rings (SSSR count). The Morgan fingerprint density at radius 2 is 2.16 bits per heavy atom. The van der Waals surface area contributed by atoms with Gasteiger partial charge in [-0.25, -0.2) is 0 Å². The maximum absolute atomic E-state index is 11.9. The van der Waals surface area contributed by atoms with Gasteiger partial charge in [0, 0.05) is 13.0 Å². The number of alkyl halides is 3. The highest BCUT2D eigenvalue weighted by molar-refractivity contribution is 5.81. The first kappa shape index (κ1) is 15.4. The number of nitrogens with one attached hydrogen (secondary N) is 2. The molecule has 1 amide bonds. The molecule has 0 aliphatic carbocycles. The van der Waals surface area contributed by atoms with Gasteiger partial charge in [0.25, 0.3) is 0 Å². The molecule has 0 saturated carbocycles. The van der Waals surface area contributed by atoms with Gasteiger partial charge in [-0.3, -0.25) is 4.79 Å². The Hall–Kier alpha value is -1.64. The predicted molar refractivity (Wildman–Crippen MR) is 59.3 cm³/mol. The monoisotopic (exact) mass is 280 g/mol. The highest BCUT2D eigenvalue weighted by Crippen LogP contribution is 2.12. The fourth-order valence-corrected chi connectivity index (χ4v) is 1.27. The summed E-state index contributed by atoms with van der Waals surface area (Å²) < 4.78 is 40.5. The van der Waals surface area contributed by atoms with Crippen molar-refractivity contribution in [2.45, 2.75) is 32.5 Å². The highest BCUT2D eigenvalue weighted by atomic mass is 19.4. The number of aromatic nitrogens is 2. The molecule has 1 aromatic rings. The SMILES string of the molecule is Cc1noc(CCNC(C)C(=O)NCC(F)(F)F)n1. The van der Waals surface area contributed by atoms with E-state index in [1.54, 1.807) is 12.2 Å². The normalized spacial score (nSPS) is 13.3. The maximum atomic E-state index is 11.9. The van der Waals surface area contributed by atoms with Crippen LogP contribution in [0.2, 0.25) is 0 Å². The molecule has 19 heavy (non-hydrogen) atoms. The number of halogens is 3. The van der Waals surface area contributed by atoms with E-state index >= 15 is 0 Å². The zero-order valence-electron chi connectivity index (χ0n) is 10.5. The summed E-state index contributed by atoms with van der Waals surface area (Å²) in [5.41, 5.74) is 0. The van der Waals surface area contributed by atoms with Crippen molar-refractivity contribution in [2.75, 3.05) is 13.1 Å². The number of carbonyl (C=O) groups excluding carboxylic acids is 1. The third-order valence-corrected chi connectivity index (χ3v) is 2.22. The van der Waals surface area contributed by atoms with Gasteiger partial charge in [-0.15, -0.1) is 0 Å². The number of aryl methyl sites for hydroxylation is 1. The smallest absolute Gasteiger partial charge is 0.346 e. The third kappa shape index (κ3) is 6.18. The van der Waals surface area contributed by atoms with Gasteiger partial charge in [-0.1, -0.05) is 5.16 Å². The van der Waals surface area contributed by atoms with Crippen LogP contribution in [0.4, 0.5) is 13.2 Å². The van der Waals surface area contributed by atoms with E-state index in [-0.39, 0.29) is 0 Å². The fourth-order valence-electron chi connectivity index (χ4n) is 1.27. The number of nitrogens with zero attached hydrogens (tertiary/aromatic N) is 2. The van der Waals surface area contributed by atoms with Crippen LogP contribution in [0.5, 0.6) is 0 Å². The van der Waals surface area contributed by atoms with Crippen molar-refractivity contribution in [3.63, 3.8) is 0 Å². The summed E-state index contributed by atoms with van der Waals surface area (Å²) in [5.74, 6) is 0.206. The Morgan fingerprint density at radius 3 is 2.68 bits per heavy atom. The molecule has 2 N–H and O–H groups in total. The Labute approximate surface area is 107 Å². The second-order valence-corrected chi connectivity index (χ2v) is 3.99. The lowest BCUT2D eigenvalue weighted by molar-refractivity contribution is -0.139. The molecule has 0 aliphatic rings. The highest BCUT2D eigenvalue weighted by Gasteiger charge is 2.28. The van der Waals surface area contributed by atoms with E-state index in [1.807, 2.05) is 0 Å². The van der Waals surface area contributed by atoms with Crippen molar-refractivity contribution in [1.29, 1.82) is 0 Å². The van der Waals surface area contributed by atoms with Gasteiger partial charge in [0.1, 0.15) is 6.54 Å². The second kappa shape index (κ2) is 6.50. The summed E-state index contributed by atoms with van der Waals surface area (Å²) in [6.07, 6.45) is -4.01. The largest absolute Gasteiger partial charge is 0.405 e. The number of carbonyl (C=O) groups is 1. The molecule has 0 aliphatic heterocycles. The average Bonchev–Trinajstić information content (AvgIpc) is 2.71. The molecule has 6 nitrogen and oxygen atoms in total. The molecule has 0 bridgehead atoms. The van der Waals surface area contributed by atoms with E-state index in [0.29, 0.717) is 24.7 Å². The number of hydrogen-bond acceptors (Lipinski definition) is 5. The first-order chi connectivity index (χ1) is 8.78. The summed E-state index contributed by atoms with van der Waals surface area (Å²) in [7, 11) is 0. The summed E-state index contributed by atoms with van der Waals surface area (Å²) in [6.45, 7) is 2.17. The first-order valence-electron chi connectivity index (χ1n) is 5.65. The Balaban J connectivity index is 2.23. The van der Waals surface area contributed by atoms with Crippen LogP contribution in [-0.4, -0.2) is 41.4 Å². The number of rotatable bonds is 6. The van der Waals surface area contributed by atoms with Crippen LogP contribution in [0.3, 0.4) is 0 Å². The van der Waals surface area contributed by atoms with Crippen molar-refractivity contribution in [3.05, 3.63) is 11.7 Å². The molecule has 1 atom stereocenters. The number of amides is 1. The first-order valence-corrected chi connectivity index (χ1v) is 5.65. The zero-order valence-corrected chi connectivity index (χ0v) is 10.5. The van der Waals surface area contributed by atoms with Crippen LogP contribution in [-0.2, 0) is 11.2 Å². The molecule has 1 unspecified atom stereocenters. The van der Waals surface area contributed by atoms with Crippen molar-refractivity contribution < 1.29 is 22.5 Å². The van der Waals surface area contributed by atoms with Crippen LogP contribution >= 0.6 is 0 Å². The summed E-state index contributed by atoms with van der Waals surface area (Å²) in [4.78, 5) is 15.3. The maximum Gasteiger partial charge on any atom is 0.405 e. The molecule has 0 radical (unpaired) electrons. The second-order valence-electron chi connectivity index (χ2n) is 3.99. The van der Waals surface area contributed by atoms with E-state index in [1.165, 1.54) is 6.92 Å². The van der Waals surface area contributed by atoms with Crippen molar-refractivity contribution >= 4 is 5.91 Å². The topological polar surface area (TPSA) is 80.0 Å². The van der Waals surface area contributed by atoms with Gasteiger partial charge in [-0.2, -0.15) is 18.2 Å². The minimum atomic E-state index is -4.41. The van der Waals surface area contributed by atoms with E-state index in [2.05, 4.69) is 15.5 Å². The van der Waals surface area contributed by atoms with Crippen LogP contribution in [0.15, 0.2) is 4.52 Å². The lowest BCUT2D eigenvalue weighted by atomic mass is 10.3. The van der Waals surface area contributed by atoms with Crippen molar-refractivity contribution in [3.8, 4) is 0 Å². The fraction of sp³-hybridized carbons (Fsp3) is 0.700. The quantitative estimate of drug-likeness (QED) is 0.796. The summed E-state index contributed by atoms with van der Waals surface area (Å²) in [6, 6.07) is -0.730. The Bertz CT molecular complexity index is 419. The molecule has 1 heterocycles. The van der Waals surface area contributed by atoms with Crippen LogP contribution in [0, 0.1) is 6.92 Å². The van der Waals surface area contributed by atoms with E-state index in [4.69, 9.17) is 4.52 Å². The van der Waals surface area contributed by atoms with Gasteiger partial charge in [0.05, 0.1) is 6.04 Å². The Kier molecular flexibility index (Phi) is 5.28. The molecule has 0 saturated heterocycles. The lowest BCUT2D eigenvalue weighted by Crippen LogP contribution is -2.45. The van der Waals surface area contributed by atoms with Crippen molar-refractivity contribution in [1.82, 2.24) is 20.8 Å². The molecule has 9 heteroatoms. The van der Waals surface area contributed by atoms with E-state index < -0.39 is 24.7 Å². The summed E-state index contributed by atoms with van der Waals surface area (Å²) in [5, 5.41) is 8.15. The lowest BCUT2D eigenvalue weighted by Gasteiger charge is -2.14. The summed E-state index contributed by atoms with van der Waals surface area (Å²) >= 11 is 0. The van der Waals surface area contributed by atoms with Crippen LogP contribution in [0.1, 0.15) is 18.6 Å². The predicted octanol–water partition coefficient (Wildman–Crippen LogP) is 0.577. The van der Waals surface area contributed by atoms with E-state index in [0.717, 1.165) is 0 Å². The third-order valence-electron chi connectivity index (χ3n) is 2.22. The van der Waals surface area contributed by atoms with Gasteiger partial charge in [0.2, 0.25) is 11.8 Å². The van der Waals surface area contributed by atoms with Gasteiger partial charge in [0.15, 0.2) is 5.82 Å². The van der Waals surface area contributed by atoms with E-state index in [9.17, 15) is 18.0 Å². The zero-order chi connectivity index (χ0) is 14.5. The molecule has 0 spiro atoms. The van der Waals surface area contributed by atoms with Gasteiger partial charge in [-0.05, 0) is 13.8 Å².